The average Bonchev–Trinajstić information content (AvgIpc) is 2.37. The summed E-state index contributed by atoms with van der Waals surface area (Å²) in [4.78, 5) is 0. The Morgan fingerprint density at radius 3 is 2.82 bits per heavy atom. The molecular weight excluding hydrogens is 138 g/mol. The van der Waals surface area contributed by atoms with Gasteiger partial charge in [-0.1, -0.05) is 0 Å². The molecule has 0 aliphatic rings. The van der Waals surface area contributed by atoms with Gasteiger partial charge in [-0.3, -0.25) is 4.68 Å². The van der Waals surface area contributed by atoms with E-state index in [0.717, 1.165) is 12.4 Å². The van der Waals surface area contributed by atoms with Crippen molar-refractivity contribution in [3.05, 3.63) is 12.3 Å². The van der Waals surface area contributed by atoms with Crippen LogP contribution in [-0.2, 0) is 0 Å². The minimum Gasteiger partial charge on any atom is -0.369 e. The van der Waals surface area contributed by atoms with Crippen LogP contribution in [0.4, 0.5) is 5.82 Å². The van der Waals surface area contributed by atoms with E-state index in [2.05, 4.69) is 31.2 Å². The third-order valence-electron chi connectivity index (χ3n) is 1.50. The van der Waals surface area contributed by atoms with E-state index in [1.54, 1.807) is 0 Å². The van der Waals surface area contributed by atoms with Crippen LogP contribution in [0.3, 0.4) is 0 Å². The minimum absolute atomic E-state index is 0.447. The Kier molecular flexibility index (Phi) is 2.52. The average molecular weight is 153 g/mol. The first-order valence-corrected chi connectivity index (χ1v) is 4.03. The fourth-order valence-electron chi connectivity index (χ4n) is 0.901. The molecule has 0 fully saturated rings. The van der Waals surface area contributed by atoms with Gasteiger partial charge in [0.25, 0.3) is 0 Å². The van der Waals surface area contributed by atoms with Gasteiger partial charge in [-0.2, -0.15) is 5.10 Å². The standard InChI is InChI=1S/C8H15N3/c1-4-9-8-5-6-11(10-8)7(2)3/h5-7H,4H2,1-3H3,(H,9,10). The molecule has 62 valence electrons. The van der Waals surface area contributed by atoms with Crippen LogP contribution in [0.25, 0.3) is 0 Å². The molecule has 0 aliphatic carbocycles. The lowest BCUT2D eigenvalue weighted by atomic mass is 10.4. The molecular formula is C8H15N3. The van der Waals surface area contributed by atoms with Crippen LogP contribution in [0.1, 0.15) is 26.8 Å². The number of aromatic nitrogens is 2. The van der Waals surface area contributed by atoms with E-state index in [0.29, 0.717) is 6.04 Å². The molecule has 0 radical (unpaired) electrons. The summed E-state index contributed by atoms with van der Waals surface area (Å²) in [6.45, 7) is 7.22. The van der Waals surface area contributed by atoms with Gasteiger partial charge in [-0.25, -0.2) is 0 Å². The predicted octanol–water partition coefficient (Wildman–Crippen LogP) is 1.90. The molecule has 1 aromatic heterocycles. The van der Waals surface area contributed by atoms with Gasteiger partial charge in [0, 0.05) is 24.8 Å². The highest BCUT2D eigenvalue weighted by atomic mass is 15.3. The van der Waals surface area contributed by atoms with E-state index < -0.39 is 0 Å². The normalized spacial score (nSPS) is 10.5. The van der Waals surface area contributed by atoms with Crippen LogP contribution >= 0.6 is 0 Å². The van der Waals surface area contributed by atoms with E-state index in [9.17, 15) is 0 Å². The Hall–Kier alpha value is -0.990. The second kappa shape index (κ2) is 3.42. The van der Waals surface area contributed by atoms with Gasteiger partial charge in [0.15, 0.2) is 0 Å². The second-order valence-electron chi connectivity index (χ2n) is 2.81. The Morgan fingerprint density at radius 2 is 2.36 bits per heavy atom. The van der Waals surface area contributed by atoms with Gasteiger partial charge in [-0.05, 0) is 20.8 Å². The van der Waals surface area contributed by atoms with Crippen molar-refractivity contribution in [2.75, 3.05) is 11.9 Å². The summed E-state index contributed by atoms with van der Waals surface area (Å²) in [6.07, 6.45) is 1.99. The van der Waals surface area contributed by atoms with Crippen molar-refractivity contribution in [3.8, 4) is 0 Å². The van der Waals surface area contributed by atoms with Crippen molar-refractivity contribution in [1.82, 2.24) is 9.78 Å². The summed E-state index contributed by atoms with van der Waals surface area (Å²) in [5.41, 5.74) is 0. The van der Waals surface area contributed by atoms with E-state index in [4.69, 9.17) is 0 Å². The van der Waals surface area contributed by atoms with E-state index >= 15 is 0 Å². The molecule has 0 aliphatic heterocycles. The lowest BCUT2D eigenvalue weighted by Crippen LogP contribution is -2.03. The molecule has 0 atom stereocenters. The van der Waals surface area contributed by atoms with E-state index in [1.807, 2.05) is 16.9 Å². The number of nitrogens with one attached hydrogen (secondary N) is 1. The molecule has 3 nitrogen and oxygen atoms in total. The number of hydrogen-bond acceptors (Lipinski definition) is 2. The lowest BCUT2D eigenvalue weighted by Gasteiger charge is -2.03. The van der Waals surface area contributed by atoms with Crippen molar-refractivity contribution < 1.29 is 0 Å². The number of rotatable bonds is 3. The summed E-state index contributed by atoms with van der Waals surface area (Å²) >= 11 is 0. The first-order chi connectivity index (χ1) is 5.24. The third-order valence-corrected chi connectivity index (χ3v) is 1.50. The summed E-state index contributed by atoms with van der Waals surface area (Å²) in [5, 5.41) is 7.46. The van der Waals surface area contributed by atoms with Crippen molar-refractivity contribution in [2.24, 2.45) is 0 Å². The molecule has 0 aromatic carbocycles. The first kappa shape index (κ1) is 8.11. The molecule has 0 unspecified atom stereocenters. The maximum Gasteiger partial charge on any atom is 0.147 e. The quantitative estimate of drug-likeness (QED) is 0.718. The molecule has 0 amide bonds. The molecule has 1 heterocycles. The highest BCUT2D eigenvalue weighted by Gasteiger charge is 1.98. The molecule has 1 rings (SSSR count). The molecule has 0 spiro atoms. The molecule has 0 bridgehead atoms. The molecule has 1 aromatic rings. The van der Waals surface area contributed by atoms with Gasteiger partial charge >= 0.3 is 0 Å². The summed E-state index contributed by atoms with van der Waals surface area (Å²) in [7, 11) is 0. The van der Waals surface area contributed by atoms with Crippen LogP contribution in [0, 0.1) is 0 Å². The van der Waals surface area contributed by atoms with Crippen molar-refractivity contribution in [2.45, 2.75) is 26.8 Å². The topological polar surface area (TPSA) is 29.9 Å². The highest BCUT2D eigenvalue weighted by Crippen LogP contribution is 2.07. The summed E-state index contributed by atoms with van der Waals surface area (Å²) in [6, 6.07) is 2.44. The van der Waals surface area contributed by atoms with Gasteiger partial charge in [0.1, 0.15) is 5.82 Å². The van der Waals surface area contributed by atoms with Crippen LogP contribution in [-0.4, -0.2) is 16.3 Å². The Morgan fingerprint density at radius 1 is 1.64 bits per heavy atom. The van der Waals surface area contributed by atoms with Crippen molar-refractivity contribution in [3.63, 3.8) is 0 Å². The van der Waals surface area contributed by atoms with Crippen molar-refractivity contribution in [1.29, 1.82) is 0 Å². The van der Waals surface area contributed by atoms with E-state index in [1.165, 1.54) is 0 Å². The van der Waals surface area contributed by atoms with E-state index in [-0.39, 0.29) is 0 Å². The van der Waals surface area contributed by atoms with Gasteiger partial charge in [0.05, 0.1) is 0 Å². The van der Waals surface area contributed by atoms with Gasteiger partial charge < -0.3 is 5.32 Å². The molecule has 1 N–H and O–H groups in total. The Balaban J connectivity index is 2.66. The zero-order valence-electron chi connectivity index (χ0n) is 7.33. The van der Waals surface area contributed by atoms with Crippen LogP contribution in [0.5, 0.6) is 0 Å². The van der Waals surface area contributed by atoms with Crippen LogP contribution in [0.2, 0.25) is 0 Å². The molecule has 11 heavy (non-hydrogen) atoms. The minimum atomic E-state index is 0.447. The fourth-order valence-corrected chi connectivity index (χ4v) is 0.901. The second-order valence-corrected chi connectivity index (χ2v) is 2.81. The number of anilines is 1. The zero-order chi connectivity index (χ0) is 8.27. The molecule has 0 saturated carbocycles. The largest absolute Gasteiger partial charge is 0.369 e. The maximum absolute atomic E-state index is 4.31. The van der Waals surface area contributed by atoms with Crippen LogP contribution < -0.4 is 5.32 Å². The summed E-state index contributed by atoms with van der Waals surface area (Å²) in [5.74, 6) is 0.959. The highest BCUT2D eigenvalue weighted by molar-refractivity contribution is 5.31. The molecule has 3 heteroatoms. The third kappa shape index (κ3) is 1.97. The lowest BCUT2D eigenvalue weighted by molar-refractivity contribution is 0.534. The van der Waals surface area contributed by atoms with Gasteiger partial charge in [0.2, 0.25) is 0 Å². The smallest absolute Gasteiger partial charge is 0.147 e. The molecule has 0 saturated heterocycles. The predicted molar refractivity (Wildman–Crippen MR) is 46.8 cm³/mol. The number of hydrogen-bond donors (Lipinski definition) is 1. The monoisotopic (exact) mass is 153 g/mol. The zero-order valence-corrected chi connectivity index (χ0v) is 7.33. The number of nitrogens with zero attached hydrogens (tertiary/aromatic N) is 2. The SMILES string of the molecule is CCNc1ccn(C(C)C)n1. The Labute approximate surface area is 67.4 Å². The van der Waals surface area contributed by atoms with Crippen LogP contribution in [0.15, 0.2) is 12.3 Å². The maximum atomic E-state index is 4.31. The van der Waals surface area contributed by atoms with Gasteiger partial charge in [-0.15, -0.1) is 0 Å². The Bertz CT molecular complexity index is 215. The first-order valence-electron chi connectivity index (χ1n) is 4.03. The van der Waals surface area contributed by atoms with Crippen molar-refractivity contribution >= 4 is 5.82 Å². The fraction of sp³-hybridized carbons (Fsp3) is 0.625. The summed E-state index contributed by atoms with van der Waals surface area (Å²) < 4.78 is 1.94.